The molecule has 3 aromatic heterocycles. The minimum Gasteiger partial charge on any atom is -0.487 e. The van der Waals surface area contributed by atoms with Gasteiger partial charge in [0, 0.05) is 50.6 Å². The Morgan fingerprint density at radius 1 is 1.06 bits per heavy atom. The first kappa shape index (κ1) is 36.2. The lowest BCUT2D eigenvalue weighted by molar-refractivity contribution is -0.0852. The van der Waals surface area contributed by atoms with Gasteiger partial charge in [-0.25, -0.2) is 14.6 Å². The van der Waals surface area contributed by atoms with Crippen molar-refractivity contribution < 1.29 is 18.9 Å². The molecule has 6 rings (SSSR count). The smallest absolute Gasteiger partial charge is 0.256 e. The number of aromatic nitrogens is 8. The zero-order valence-electron chi connectivity index (χ0n) is 30.4. The summed E-state index contributed by atoms with van der Waals surface area (Å²) in [5.41, 5.74) is 2.42. The fraction of sp³-hybridized carbons (Fsp3) is 0.583. The third kappa shape index (κ3) is 9.37. The number of anilines is 2. The summed E-state index contributed by atoms with van der Waals surface area (Å²) in [6.45, 7) is 13.2. The van der Waals surface area contributed by atoms with Crippen LogP contribution in [0.15, 0.2) is 43.1 Å². The number of methoxy groups -OCH3 is 1. The Labute approximate surface area is 299 Å². The molecule has 1 saturated heterocycles. The van der Waals surface area contributed by atoms with Gasteiger partial charge >= 0.3 is 0 Å². The Bertz CT molecular complexity index is 1740. The minimum absolute atomic E-state index is 0.268. The van der Waals surface area contributed by atoms with E-state index < -0.39 is 0 Å². The standard InChI is InChI=1S/C36H49N11O4/c1-24-19-45(20-25(2)50-24)30-9-11-31(12-10-30)47-22-32(34(42-47)49-14-13-36(4,5)48-6)41-35-38-17-29(18-39-35)27-7-8-28(16-37)33(15-27)51-26(3)21-46-23-40-43-44-46/h7-8,15,17-18,22-26,30-31H,9-14,19-21H2,1-6H3,(H,38,39,41)/t24-,25+,26-,30?,31?/m0/s1. The normalized spacial score (nSPS) is 21.9. The molecule has 0 spiro atoms. The number of nitrogens with zero attached hydrogens (tertiary/aromatic N) is 10. The molecule has 1 saturated carbocycles. The van der Waals surface area contributed by atoms with Gasteiger partial charge in [0.1, 0.15) is 29.9 Å². The zero-order chi connectivity index (χ0) is 36.0. The fourth-order valence-electron chi connectivity index (χ4n) is 6.79. The largest absolute Gasteiger partial charge is 0.487 e. The molecule has 272 valence electrons. The summed E-state index contributed by atoms with van der Waals surface area (Å²) < 4.78 is 27.6. The minimum atomic E-state index is -0.314. The first-order chi connectivity index (χ1) is 24.6. The van der Waals surface area contributed by atoms with Crippen LogP contribution in [0.2, 0.25) is 0 Å². The molecule has 0 amide bonds. The second-order valence-electron chi connectivity index (χ2n) is 14.3. The van der Waals surface area contributed by atoms with E-state index in [-0.39, 0.29) is 30.0 Å². The van der Waals surface area contributed by atoms with Crippen LogP contribution in [0.1, 0.15) is 78.3 Å². The molecule has 1 aliphatic heterocycles. The van der Waals surface area contributed by atoms with Crippen molar-refractivity contribution in [3.63, 3.8) is 0 Å². The summed E-state index contributed by atoms with van der Waals surface area (Å²) in [6.07, 6.45) is 12.3. The Hall–Kier alpha value is -4.65. The first-order valence-corrected chi connectivity index (χ1v) is 17.8. The highest BCUT2D eigenvalue weighted by Crippen LogP contribution is 2.36. The van der Waals surface area contributed by atoms with Crippen LogP contribution in [-0.4, -0.2) is 102 Å². The van der Waals surface area contributed by atoms with Crippen LogP contribution in [0.5, 0.6) is 11.6 Å². The number of hydrogen-bond acceptors (Lipinski definition) is 13. The van der Waals surface area contributed by atoms with Crippen LogP contribution >= 0.6 is 0 Å². The Morgan fingerprint density at radius 2 is 1.78 bits per heavy atom. The molecule has 1 N–H and O–H groups in total. The summed E-state index contributed by atoms with van der Waals surface area (Å²) in [5, 5.41) is 29.2. The molecule has 1 aromatic carbocycles. The van der Waals surface area contributed by atoms with Crippen LogP contribution in [-0.2, 0) is 16.0 Å². The van der Waals surface area contributed by atoms with E-state index in [1.165, 1.54) is 6.33 Å². The van der Waals surface area contributed by atoms with Crippen molar-refractivity contribution in [1.29, 1.82) is 5.26 Å². The predicted octanol–water partition coefficient (Wildman–Crippen LogP) is 5.20. The van der Waals surface area contributed by atoms with E-state index >= 15 is 0 Å². The maximum atomic E-state index is 9.69. The van der Waals surface area contributed by atoms with E-state index in [4.69, 9.17) is 24.0 Å². The highest BCUT2D eigenvalue weighted by molar-refractivity contribution is 5.67. The average Bonchev–Trinajstić information content (AvgIpc) is 3.78. The summed E-state index contributed by atoms with van der Waals surface area (Å²) >= 11 is 0. The monoisotopic (exact) mass is 699 g/mol. The van der Waals surface area contributed by atoms with Gasteiger partial charge in [-0.3, -0.25) is 9.58 Å². The van der Waals surface area contributed by atoms with E-state index in [2.05, 4.69) is 55.6 Å². The molecule has 0 bridgehead atoms. The van der Waals surface area contributed by atoms with Crippen molar-refractivity contribution in [2.24, 2.45) is 0 Å². The maximum absolute atomic E-state index is 9.69. The lowest BCUT2D eigenvalue weighted by atomic mass is 9.89. The van der Waals surface area contributed by atoms with Gasteiger partial charge in [0.15, 0.2) is 0 Å². The molecule has 4 heterocycles. The van der Waals surface area contributed by atoms with Crippen LogP contribution in [0, 0.1) is 11.3 Å². The topological polar surface area (TPSA) is 163 Å². The van der Waals surface area contributed by atoms with Crippen molar-refractivity contribution in [2.45, 2.75) is 109 Å². The fourth-order valence-corrected chi connectivity index (χ4v) is 6.79. The van der Waals surface area contributed by atoms with Gasteiger partial charge in [-0.1, -0.05) is 6.07 Å². The van der Waals surface area contributed by atoms with Crippen LogP contribution in [0.25, 0.3) is 11.1 Å². The van der Waals surface area contributed by atoms with Gasteiger partial charge in [0.25, 0.3) is 5.88 Å². The first-order valence-electron chi connectivity index (χ1n) is 17.8. The van der Waals surface area contributed by atoms with Gasteiger partial charge < -0.3 is 24.3 Å². The van der Waals surface area contributed by atoms with Crippen molar-refractivity contribution in [3.8, 4) is 28.8 Å². The lowest BCUT2D eigenvalue weighted by Crippen LogP contribution is -2.51. The molecule has 15 heteroatoms. The van der Waals surface area contributed by atoms with Gasteiger partial charge in [0.2, 0.25) is 5.95 Å². The summed E-state index contributed by atoms with van der Waals surface area (Å²) in [6, 6.07) is 8.47. The van der Waals surface area contributed by atoms with E-state index in [1.54, 1.807) is 30.3 Å². The molecule has 1 aliphatic carbocycles. The molecule has 2 fully saturated rings. The predicted molar refractivity (Wildman–Crippen MR) is 190 cm³/mol. The lowest BCUT2D eigenvalue weighted by Gasteiger charge is -2.42. The zero-order valence-corrected chi connectivity index (χ0v) is 30.4. The second-order valence-corrected chi connectivity index (χ2v) is 14.3. The van der Waals surface area contributed by atoms with Crippen LogP contribution in [0.4, 0.5) is 11.6 Å². The molecule has 0 unspecified atom stereocenters. The molecule has 2 aliphatic rings. The van der Waals surface area contributed by atoms with Crippen molar-refractivity contribution >= 4 is 11.6 Å². The molecular weight excluding hydrogens is 650 g/mol. The number of rotatable bonds is 14. The number of morpholine rings is 1. The highest BCUT2D eigenvalue weighted by Gasteiger charge is 2.32. The number of benzene rings is 1. The number of hydrogen-bond donors (Lipinski definition) is 1. The summed E-state index contributed by atoms with van der Waals surface area (Å²) in [5.74, 6) is 1.39. The SMILES string of the molecule is COC(C)(C)CCOc1nn(C2CCC(N3C[C@@H](C)O[C@@H](C)C3)CC2)cc1Nc1ncc(-c2ccc(C#N)c(O[C@@H](C)Cn3cnnn3)c2)cn1. The van der Waals surface area contributed by atoms with Gasteiger partial charge in [-0.15, -0.1) is 10.2 Å². The third-order valence-corrected chi connectivity index (χ3v) is 9.70. The third-order valence-electron chi connectivity index (χ3n) is 9.70. The molecule has 4 aromatic rings. The van der Waals surface area contributed by atoms with Crippen molar-refractivity contribution in [1.82, 2.24) is 44.9 Å². The number of nitrogens with one attached hydrogen (secondary N) is 1. The van der Waals surface area contributed by atoms with E-state index in [9.17, 15) is 5.26 Å². The van der Waals surface area contributed by atoms with Crippen LogP contribution in [0.3, 0.4) is 0 Å². The second kappa shape index (κ2) is 16.1. The maximum Gasteiger partial charge on any atom is 0.256 e. The molecule has 51 heavy (non-hydrogen) atoms. The van der Waals surface area contributed by atoms with Crippen molar-refractivity contribution in [3.05, 3.63) is 48.7 Å². The molecule has 3 atom stereocenters. The number of nitriles is 1. The Morgan fingerprint density at radius 3 is 2.45 bits per heavy atom. The Kier molecular flexibility index (Phi) is 11.4. The average molecular weight is 700 g/mol. The molecular formula is C36H49N11O4. The molecule has 15 nitrogen and oxygen atoms in total. The van der Waals surface area contributed by atoms with Crippen LogP contribution < -0.4 is 14.8 Å². The molecule has 0 radical (unpaired) electrons. The van der Waals surface area contributed by atoms with E-state index in [0.29, 0.717) is 54.4 Å². The summed E-state index contributed by atoms with van der Waals surface area (Å²) in [4.78, 5) is 11.9. The van der Waals surface area contributed by atoms with Gasteiger partial charge in [0.05, 0.1) is 48.8 Å². The number of ether oxygens (including phenoxy) is 4. The number of tetrazole rings is 1. The highest BCUT2D eigenvalue weighted by atomic mass is 16.5. The van der Waals surface area contributed by atoms with E-state index in [0.717, 1.165) is 49.9 Å². The summed E-state index contributed by atoms with van der Waals surface area (Å²) in [7, 11) is 1.71. The van der Waals surface area contributed by atoms with Crippen molar-refractivity contribution in [2.75, 3.05) is 32.1 Å². The quantitative estimate of drug-likeness (QED) is 0.183. The van der Waals surface area contributed by atoms with E-state index in [1.807, 2.05) is 43.8 Å². The Balaban J connectivity index is 1.14. The van der Waals surface area contributed by atoms with Gasteiger partial charge in [-0.05, 0) is 88.4 Å². The van der Waals surface area contributed by atoms with Gasteiger partial charge in [-0.2, -0.15) is 5.26 Å².